The molecule has 1 unspecified atom stereocenters. The Bertz CT molecular complexity index is 264. The summed E-state index contributed by atoms with van der Waals surface area (Å²) in [5.74, 6) is -0.00856. The molecule has 2 amide bonds. The minimum Gasteiger partial charge on any atom is -0.347 e. The van der Waals surface area contributed by atoms with E-state index in [0.29, 0.717) is 18.8 Å². The van der Waals surface area contributed by atoms with E-state index >= 15 is 0 Å². The van der Waals surface area contributed by atoms with Crippen LogP contribution >= 0.6 is 0 Å². The van der Waals surface area contributed by atoms with Crippen LogP contribution in [0.25, 0.3) is 0 Å². The third kappa shape index (κ3) is 5.68. The lowest BCUT2D eigenvalue weighted by atomic mass is 10.0. The van der Waals surface area contributed by atoms with E-state index in [9.17, 15) is 9.59 Å². The molecule has 0 rings (SSSR count). The molecule has 0 aromatic carbocycles. The zero-order valence-electron chi connectivity index (χ0n) is 11.5. The molecule has 2 atom stereocenters. The van der Waals surface area contributed by atoms with Crippen LogP contribution in [-0.4, -0.2) is 42.9 Å². The van der Waals surface area contributed by atoms with Crippen molar-refractivity contribution in [3.8, 4) is 0 Å². The van der Waals surface area contributed by atoms with Crippen molar-refractivity contribution in [3.63, 3.8) is 0 Å². The molecule has 17 heavy (non-hydrogen) atoms. The SMILES string of the molecule is CC[C@@H](N)C(=O)NC(CC(C)C)C(=O)N(C)C. The highest BCUT2D eigenvalue weighted by molar-refractivity contribution is 5.89. The molecule has 0 aliphatic carbocycles. The van der Waals surface area contributed by atoms with Crippen molar-refractivity contribution < 1.29 is 9.59 Å². The van der Waals surface area contributed by atoms with Crippen LogP contribution in [0.3, 0.4) is 0 Å². The summed E-state index contributed by atoms with van der Waals surface area (Å²) in [6.45, 7) is 5.87. The van der Waals surface area contributed by atoms with E-state index in [-0.39, 0.29) is 11.8 Å². The van der Waals surface area contributed by atoms with Crippen molar-refractivity contribution in [1.29, 1.82) is 0 Å². The summed E-state index contributed by atoms with van der Waals surface area (Å²) in [4.78, 5) is 25.1. The Balaban J connectivity index is 4.59. The average Bonchev–Trinajstić information content (AvgIpc) is 2.24. The number of hydrogen-bond acceptors (Lipinski definition) is 3. The van der Waals surface area contributed by atoms with Gasteiger partial charge in [0.1, 0.15) is 6.04 Å². The van der Waals surface area contributed by atoms with E-state index in [4.69, 9.17) is 5.73 Å². The van der Waals surface area contributed by atoms with Crippen LogP contribution in [0.5, 0.6) is 0 Å². The second-order valence-electron chi connectivity index (χ2n) is 4.94. The quantitative estimate of drug-likeness (QED) is 0.706. The summed E-state index contributed by atoms with van der Waals surface area (Å²) >= 11 is 0. The first kappa shape index (κ1) is 15.9. The molecule has 5 nitrogen and oxygen atoms in total. The smallest absolute Gasteiger partial charge is 0.244 e. The number of likely N-dealkylation sites (N-methyl/N-ethyl adjacent to an activating group) is 1. The number of amides is 2. The molecular formula is C12H25N3O2. The van der Waals surface area contributed by atoms with Gasteiger partial charge >= 0.3 is 0 Å². The predicted octanol–water partition coefficient (Wildman–Crippen LogP) is 0.343. The number of carbonyl (C=O) groups excluding carboxylic acids is 2. The van der Waals surface area contributed by atoms with Gasteiger partial charge in [-0.15, -0.1) is 0 Å². The van der Waals surface area contributed by atoms with Crippen molar-refractivity contribution >= 4 is 11.8 Å². The maximum atomic E-state index is 11.9. The van der Waals surface area contributed by atoms with E-state index in [1.165, 1.54) is 4.90 Å². The molecule has 0 bridgehead atoms. The summed E-state index contributed by atoms with van der Waals surface area (Å²) in [7, 11) is 3.36. The third-order valence-electron chi connectivity index (χ3n) is 2.54. The van der Waals surface area contributed by atoms with Crippen molar-refractivity contribution in [2.75, 3.05) is 14.1 Å². The second-order valence-corrected chi connectivity index (χ2v) is 4.94. The molecule has 3 N–H and O–H groups in total. The first-order chi connectivity index (χ1) is 7.79. The molecule has 0 aromatic rings. The maximum absolute atomic E-state index is 11.9. The second kappa shape index (κ2) is 7.27. The molecule has 0 saturated carbocycles. The Morgan fingerprint density at radius 1 is 1.29 bits per heavy atom. The number of carbonyl (C=O) groups is 2. The van der Waals surface area contributed by atoms with Crippen LogP contribution < -0.4 is 11.1 Å². The van der Waals surface area contributed by atoms with Gasteiger partial charge < -0.3 is 16.0 Å². The largest absolute Gasteiger partial charge is 0.347 e. The van der Waals surface area contributed by atoms with Crippen LogP contribution in [0.1, 0.15) is 33.6 Å². The Kier molecular flexibility index (Phi) is 6.80. The van der Waals surface area contributed by atoms with Gasteiger partial charge in [-0.3, -0.25) is 9.59 Å². The third-order valence-corrected chi connectivity index (χ3v) is 2.54. The number of nitrogens with one attached hydrogen (secondary N) is 1. The molecule has 0 saturated heterocycles. The molecule has 5 heteroatoms. The summed E-state index contributed by atoms with van der Waals surface area (Å²) in [6.07, 6.45) is 1.19. The Labute approximate surface area is 104 Å². The molecule has 0 aromatic heterocycles. The highest BCUT2D eigenvalue weighted by Gasteiger charge is 2.24. The van der Waals surface area contributed by atoms with Gasteiger partial charge in [0.05, 0.1) is 6.04 Å². The van der Waals surface area contributed by atoms with E-state index in [0.717, 1.165) is 0 Å². The standard InChI is InChI=1S/C12H25N3O2/c1-6-9(13)11(16)14-10(7-8(2)3)12(17)15(4)5/h8-10H,6-7,13H2,1-5H3,(H,14,16)/t9-,10?/m1/s1. The first-order valence-electron chi connectivity index (χ1n) is 6.06. The van der Waals surface area contributed by atoms with Crippen LogP contribution in [0.4, 0.5) is 0 Å². The van der Waals surface area contributed by atoms with E-state index in [1.54, 1.807) is 14.1 Å². The summed E-state index contributed by atoms with van der Waals surface area (Å²) in [6, 6.07) is -1.02. The lowest BCUT2D eigenvalue weighted by molar-refractivity contribution is -0.135. The summed E-state index contributed by atoms with van der Waals surface area (Å²) in [5, 5.41) is 2.72. The fourth-order valence-corrected chi connectivity index (χ4v) is 1.47. The topological polar surface area (TPSA) is 75.4 Å². The summed E-state index contributed by atoms with van der Waals surface area (Å²) in [5.41, 5.74) is 5.63. The zero-order valence-corrected chi connectivity index (χ0v) is 11.5. The van der Waals surface area contributed by atoms with E-state index in [2.05, 4.69) is 5.32 Å². The van der Waals surface area contributed by atoms with Crippen LogP contribution in [-0.2, 0) is 9.59 Å². The van der Waals surface area contributed by atoms with Gasteiger partial charge in [-0.05, 0) is 18.8 Å². The van der Waals surface area contributed by atoms with Crippen LogP contribution in [0.2, 0.25) is 0 Å². The molecule has 0 aliphatic rings. The molecule has 0 spiro atoms. The minimum atomic E-state index is -0.542. The fourth-order valence-electron chi connectivity index (χ4n) is 1.47. The van der Waals surface area contributed by atoms with E-state index in [1.807, 2.05) is 20.8 Å². The normalized spacial score (nSPS) is 14.3. The Hall–Kier alpha value is -1.10. The van der Waals surface area contributed by atoms with Gasteiger partial charge in [-0.25, -0.2) is 0 Å². The van der Waals surface area contributed by atoms with Crippen molar-refractivity contribution in [2.45, 2.75) is 45.7 Å². The van der Waals surface area contributed by atoms with Crippen molar-refractivity contribution in [1.82, 2.24) is 10.2 Å². The van der Waals surface area contributed by atoms with Crippen LogP contribution in [0.15, 0.2) is 0 Å². The highest BCUT2D eigenvalue weighted by Crippen LogP contribution is 2.07. The van der Waals surface area contributed by atoms with Gasteiger partial charge in [0, 0.05) is 14.1 Å². The highest BCUT2D eigenvalue weighted by atomic mass is 16.2. The monoisotopic (exact) mass is 243 g/mol. The van der Waals surface area contributed by atoms with Crippen molar-refractivity contribution in [2.24, 2.45) is 11.7 Å². The summed E-state index contributed by atoms with van der Waals surface area (Å²) < 4.78 is 0. The molecule has 100 valence electrons. The number of nitrogens with zero attached hydrogens (tertiary/aromatic N) is 1. The van der Waals surface area contributed by atoms with Crippen LogP contribution in [0, 0.1) is 5.92 Å². The lowest BCUT2D eigenvalue weighted by Gasteiger charge is -2.24. The van der Waals surface area contributed by atoms with Gasteiger partial charge in [-0.2, -0.15) is 0 Å². The molecule has 0 heterocycles. The fraction of sp³-hybridized carbons (Fsp3) is 0.833. The molecular weight excluding hydrogens is 218 g/mol. The Morgan fingerprint density at radius 3 is 2.18 bits per heavy atom. The van der Waals surface area contributed by atoms with Crippen molar-refractivity contribution in [3.05, 3.63) is 0 Å². The minimum absolute atomic E-state index is 0.0876. The number of hydrogen-bond donors (Lipinski definition) is 2. The lowest BCUT2D eigenvalue weighted by Crippen LogP contribution is -2.51. The predicted molar refractivity (Wildman–Crippen MR) is 68.3 cm³/mol. The Morgan fingerprint density at radius 2 is 1.82 bits per heavy atom. The average molecular weight is 243 g/mol. The van der Waals surface area contributed by atoms with Gasteiger partial charge in [0.2, 0.25) is 11.8 Å². The first-order valence-corrected chi connectivity index (χ1v) is 6.06. The van der Waals surface area contributed by atoms with Gasteiger partial charge in [0.15, 0.2) is 0 Å². The molecule has 0 fully saturated rings. The van der Waals surface area contributed by atoms with Gasteiger partial charge in [-0.1, -0.05) is 20.8 Å². The molecule has 0 radical (unpaired) electrons. The number of rotatable bonds is 6. The molecule has 0 aliphatic heterocycles. The zero-order chi connectivity index (χ0) is 13.6. The van der Waals surface area contributed by atoms with E-state index < -0.39 is 12.1 Å². The van der Waals surface area contributed by atoms with Gasteiger partial charge in [0.25, 0.3) is 0 Å². The maximum Gasteiger partial charge on any atom is 0.244 e. The number of nitrogens with two attached hydrogens (primary N) is 1.